The summed E-state index contributed by atoms with van der Waals surface area (Å²) in [4.78, 5) is 17.6. The second-order valence-corrected chi connectivity index (χ2v) is 5.35. The lowest BCUT2D eigenvalue weighted by atomic mass is 10.2. The van der Waals surface area contributed by atoms with E-state index in [0.717, 1.165) is 0 Å². The third kappa shape index (κ3) is 2.83. The molecular formula is C18H17ClN2O3. The summed E-state index contributed by atoms with van der Waals surface area (Å²) in [6.45, 7) is 2.40. The van der Waals surface area contributed by atoms with Crippen LogP contribution in [-0.2, 0) is 5.88 Å². The Hall–Kier alpha value is -2.53. The number of fused-ring (bicyclic) bond motifs is 1. The zero-order valence-corrected chi connectivity index (χ0v) is 14.2. The zero-order valence-electron chi connectivity index (χ0n) is 13.5. The highest BCUT2D eigenvalue weighted by Crippen LogP contribution is 2.25. The number of alkyl halides is 1. The van der Waals surface area contributed by atoms with Crippen LogP contribution in [0.15, 0.2) is 47.3 Å². The van der Waals surface area contributed by atoms with Crippen molar-refractivity contribution in [2.24, 2.45) is 0 Å². The molecule has 1 aromatic heterocycles. The number of methoxy groups -OCH3 is 1. The highest BCUT2D eigenvalue weighted by molar-refractivity contribution is 6.16. The van der Waals surface area contributed by atoms with E-state index in [4.69, 9.17) is 21.1 Å². The van der Waals surface area contributed by atoms with Gasteiger partial charge in [-0.1, -0.05) is 12.1 Å². The van der Waals surface area contributed by atoms with Gasteiger partial charge in [-0.3, -0.25) is 9.36 Å². The van der Waals surface area contributed by atoms with E-state index in [-0.39, 0.29) is 11.4 Å². The molecule has 0 radical (unpaired) electrons. The van der Waals surface area contributed by atoms with Gasteiger partial charge in [0.25, 0.3) is 5.56 Å². The maximum absolute atomic E-state index is 13.0. The van der Waals surface area contributed by atoms with E-state index in [2.05, 4.69) is 4.98 Å². The Kier molecular flexibility index (Phi) is 4.71. The van der Waals surface area contributed by atoms with Crippen molar-refractivity contribution in [3.8, 4) is 17.2 Å². The molecule has 3 aromatic rings. The molecular weight excluding hydrogens is 328 g/mol. The zero-order chi connectivity index (χ0) is 17.1. The number of hydrogen-bond donors (Lipinski definition) is 0. The van der Waals surface area contributed by atoms with E-state index in [0.29, 0.717) is 40.5 Å². The fourth-order valence-corrected chi connectivity index (χ4v) is 2.78. The molecule has 0 unspecified atom stereocenters. The molecule has 5 nitrogen and oxygen atoms in total. The highest BCUT2D eigenvalue weighted by atomic mass is 35.5. The number of halogens is 1. The van der Waals surface area contributed by atoms with Crippen LogP contribution in [0.25, 0.3) is 16.6 Å². The minimum absolute atomic E-state index is 0.100. The van der Waals surface area contributed by atoms with Gasteiger partial charge >= 0.3 is 0 Å². The predicted molar refractivity (Wildman–Crippen MR) is 94.6 cm³/mol. The quantitative estimate of drug-likeness (QED) is 0.664. The molecule has 0 N–H and O–H groups in total. The van der Waals surface area contributed by atoms with Crippen molar-refractivity contribution >= 4 is 22.5 Å². The molecule has 1 heterocycles. The minimum atomic E-state index is -0.189. The topological polar surface area (TPSA) is 53.4 Å². The lowest BCUT2D eigenvalue weighted by molar-refractivity contribution is 0.338. The fourth-order valence-electron chi connectivity index (χ4n) is 2.60. The number of nitrogens with zero attached hydrogens (tertiary/aromatic N) is 2. The molecule has 0 saturated carbocycles. The Balaban J connectivity index is 2.32. The Morgan fingerprint density at radius 2 is 2.00 bits per heavy atom. The average molecular weight is 345 g/mol. The van der Waals surface area contributed by atoms with Crippen molar-refractivity contribution < 1.29 is 9.47 Å². The highest BCUT2D eigenvalue weighted by Gasteiger charge is 2.15. The van der Waals surface area contributed by atoms with Gasteiger partial charge in [0.2, 0.25) is 0 Å². The van der Waals surface area contributed by atoms with Crippen molar-refractivity contribution in [1.29, 1.82) is 0 Å². The van der Waals surface area contributed by atoms with E-state index in [1.807, 2.05) is 31.2 Å². The predicted octanol–water partition coefficient (Wildman–Crippen LogP) is 3.53. The summed E-state index contributed by atoms with van der Waals surface area (Å²) in [6, 6.07) is 12.5. The van der Waals surface area contributed by atoms with Crippen LogP contribution in [-0.4, -0.2) is 23.3 Å². The number of rotatable bonds is 5. The number of para-hydroxylation sites is 2. The van der Waals surface area contributed by atoms with Crippen LogP contribution < -0.4 is 15.0 Å². The number of hydrogen-bond acceptors (Lipinski definition) is 4. The molecule has 0 amide bonds. The van der Waals surface area contributed by atoms with Crippen molar-refractivity contribution in [2.75, 3.05) is 13.7 Å². The first kappa shape index (κ1) is 16.3. The number of aromatic nitrogens is 2. The van der Waals surface area contributed by atoms with E-state index >= 15 is 0 Å². The van der Waals surface area contributed by atoms with Crippen molar-refractivity contribution in [2.45, 2.75) is 12.8 Å². The summed E-state index contributed by atoms with van der Waals surface area (Å²) < 4.78 is 12.4. The summed E-state index contributed by atoms with van der Waals surface area (Å²) in [5.41, 5.74) is 0.996. The van der Waals surface area contributed by atoms with Gasteiger partial charge in [-0.2, -0.15) is 0 Å². The van der Waals surface area contributed by atoms with Gasteiger partial charge in [0.15, 0.2) is 0 Å². The van der Waals surface area contributed by atoms with Crippen LogP contribution >= 0.6 is 11.6 Å². The molecule has 24 heavy (non-hydrogen) atoms. The second-order valence-electron chi connectivity index (χ2n) is 5.09. The molecule has 0 aliphatic rings. The van der Waals surface area contributed by atoms with Crippen LogP contribution in [0.3, 0.4) is 0 Å². The Labute approximate surface area is 144 Å². The third-order valence-electron chi connectivity index (χ3n) is 3.67. The molecule has 6 heteroatoms. The Bertz CT molecular complexity index is 937. The lowest BCUT2D eigenvalue weighted by Crippen LogP contribution is -2.24. The summed E-state index contributed by atoms with van der Waals surface area (Å²) in [7, 11) is 1.57. The molecule has 0 atom stereocenters. The van der Waals surface area contributed by atoms with Crippen molar-refractivity contribution in [3.05, 3.63) is 58.6 Å². The van der Waals surface area contributed by atoms with E-state index in [1.165, 1.54) is 4.57 Å². The van der Waals surface area contributed by atoms with Gasteiger partial charge < -0.3 is 9.47 Å². The molecule has 0 bridgehead atoms. The lowest BCUT2D eigenvalue weighted by Gasteiger charge is -2.15. The summed E-state index contributed by atoms with van der Waals surface area (Å²) >= 11 is 6.06. The molecule has 2 aromatic carbocycles. The van der Waals surface area contributed by atoms with Crippen LogP contribution in [0.4, 0.5) is 0 Å². The van der Waals surface area contributed by atoms with Gasteiger partial charge in [-0.25, -0.2) is 4.98 Å². The maximum atomic E-state index is 13.0. The largest absolute Gasteiger partial charge is 0.497 e. The first-order valence-corrected chi connectivity index (χ1v) is 8.11. The summed E-state index contributed by atoms with van der Waals surface area (Å²) in [5, 5.41) is 0.496. The molecule has 124 valence electrons. The SMILES string of the molecule is CCOc1ccccc1-n1c(CCl)nc2cc(OC)ccc2c1=O. The Morgan fingerprint density at radius 1 is 1.21 bits per heavy atom. The summed E-state index contributed by atoms with van der Waals surface area (Å²) in [5.74, 6) is 1.81. The van der Waals surface area contributed by atoms with Crippen LogP contribution in [0.5, 0.6) is 11.5 Å². The fraction of sp³-hybridized carbons (Fsp3) is 0.222. The number of benzene rings is 2. The monoisotopic (exact) mass is 344 g/mol. The molecule has 0 aliphatic carbocycles. The third-order valence-corrected chi connectivity index (χ3v) is 3.91. The van der Waals surface area contributed by atoms with Gasteiger partial charge in [-0.15, -0.1) is 11.6 Å². The first-order chi connectivity index (χ1) is 11.7. The summed E-state index contributed by atoms with van der Waals surface area (Å²) in [6.07, 6.45) is 0. The Morgan fingerprint density at radius 3 is 2.71 bits per heavy atom. The minimum Gasteiger partial charge on any atom is -0.497 e. The van der Waals surface area contributed by atoms with Gasteiger partial charge in [0.1, 0.15) is 17.3 Å². The van der Waals surface area contributed by atoms with Gasteiger partial charge in [-0.05, 0) is 31.2 Å². The molecule has 3 rings (SSSR count). The van der Waals surface area contributed by atoms with Gasteiger partial charge in [0, 0.05) is 6.07 Å². The standard InChI is InChI=1S/C18H17ClN2O3/c1-3-24-16-7-5-4-6-15(16)21-17(11-19)20-14-10-12(23-2)8-9-13(14)18(21)22/h4-10H,3,11H2,1-2H3. The second kappa shape index (κ2) is 6.93. The molecule has 0 fully saturated rings. The van der Waals surface area contributed by atoms with Gasteiger partial charge in [0.05, 0.1) is 36.2 Å². The van der Waals surface area contributed by atoms with E-state index < -0.39 is 0 Å². The van der Waals surface area contributed by atoms with Crippen molar-refractivity contribution in [1.82, 2.24) is 9.55 Å². The molecule has 0 spiro atoms. The van der Waals surface area contributed by atoms with E-state index in [1.54, 1.807) is 25.3 Å². The maximum Gasteiger partial charge on any atom is 0.266 e. The average Bonchev–Trinajstić information content (AvgIpc) is 2.62. The van der Waals surface area contributed by atoms with Crippen molar-refractivity contribution in [3.63, 3.8) is 0 Å². The smallest absolute Gasteiger partial charge is 0.266 e. The molecule has 0 aliphatic heterocycles. The molecule has 0 saturated heterocycles. The normalized spacial score (nSPS) is 10.8. The number of ether oxygens (including phenoxy) is 2. The van der Waals surface area contributed by atoms with Crippen LogP contribution in [0, 0.1) is 0 Å². The van der Waals surface area contributed by atoms with Crippen LogP contribution in [0.2, 0.25) is 0 Å². The van der Waals surface area contributed by atoms with E-state index in [9.17, 15) is 4.79 Å². The van der Waals surface area contributed by atoms with Crippen LogP contribution in [0.1, 0.15) is 12.7 Å². The first-order valence-electron chi connectivity index (χ1n) is 7.57.